The number of allylic oxidation sites excluding steroid dienone is 2. The third kappa shape index (κ3) is 3.13. The lowest BCUT2D eigenvalue weighted by atomic mass is 9.67. The van der Waals surface area contributed by atoms with Gasteiger partial charge in [0.1, 0.15) is 5.78 Å². The maximum absolute atomic E-state index is 13.3. The van der Waals surface area contributed by atoms with Gasteiger partial charge in [0.25, 0.3) is 0 Å². The van der Waals surface area contributed by atoms with E-state index in [4.69, 9.17) is 0 Å². The molecule has 2 saturated carbocycles. The van der Waals surface area contributed by atoms with Crippen LogP contribution in [0.5, 0.6) is 0 Å². The molecule has 2 aliphatic rings. The molecule has 2 atom stereocenters. The van der Waals surface area contributed by atoms with Crippen LogP contribution in [0.1, 0.15) is 65.2 Å². The van der Waals surface area contributed by atoms with E-state index in [1.54, 1.807) is 0 Å². The van der Waals surface area contributed by atoms with Crippen molar-refractivity contribution < 1.29 is 14.0 Å². The van der Waals surface area contributed by atoms with Crippen LogP contribution >= 0.6 is 0 Å². The van der Waals surface area contributed by atoms with Crippen LogP contribution in [0.25, 0.3) is 0 Å². The highest BCUT2D eigenvalue weighted by Gasteiger charge is 2.40. The standard InChI is InChI=1S/C16H23FO2/c1-11(17)10-16(2)9-3-4-14(15(16)19)12-5-7-13(18)8-6-12/h11H,3-10H2,1-2H3. The van der Waals surface area contributed by atoms with Crippen molar-refractivity contribution in [1.82, 2.24) is 0 Å². The zero-order valence-corrected chi connectivity index (χ0v) is 11.9. The highest BCUT2D eigenvalue weighted by molar-refractivity contribution is 6.01. The fraction of sp³-hybridized carbons (Fsp3) is 0.750. The van der Waals surface area contributed by atoms with Gasteiger partial charge in [0, 0.05) is 18.3 Å². The molecule has 3 heteroatoms. The fourth-order valence-electron chi connectivity index (χ4n) is 3.53. The SMILES string of the molecule is CC(F)CC1(C)CCCC(=C2CCC(=O)CC2)C1=O. The summed E-state index contributed by atoms with van der Waals surface area (Å²) in [5.74, 6) is 0.445. The first-order chi connectivity index (χ1) is 8.92. The molecule has 0 aromatic heterocycles. The molecular weight excluding hydrogens is 243 g/mol. The monoisotopic (exact) mass is 266 g/mol. The molecular formula is C16H23FO2. The summed E-state index contributed by atoms with van der Waals surface area (Å²) in [6.45, 7) is 3.43. The Kier molecular flexibility index (Phi) is 4.22. The molecule has 0 saturated heterocycles. The number of Topliss-reactive ketones (excluding diaryl/α,β-unsaturated/α-hetero) is 2. The van der Waals surface area contributed by atoms with Gasteiger partial charge in [-0.05, 0) is 51.0 Å². The van der Waals surface area contributed by atoms with Crippen LogP contribution < -0.4 is 0 Å². The lowest BCUT2D eigenvalue weighted by Gasteiger charge is -2.35. The highest BCUT2D eigenvalue weighted by atomic mass is 19.1. The number of carbonyl (C=O) groups is 2. The summed E-state index contributed by atoms with van der Waals surface area (Å²) in [5.41, 5.74) is 1.56. The van der Waals surface area contributed by atoms with E-state index in [-0.39, 0.29) is 5.78 Å². The van der Waals surface area contributed by atoms with Crippen LogP contribution in [0, 0.1) is 5.41 Å². The topological polar surface area (TPSA) is 34.1 Å². The summed E-state index contributed by atoms with van der Waals surface area (Å²) in [5, 5.41) is 0. The Balaban J connectivity index is 2.20. The quantitative estimate of drug-likeness (QED) is 0.710. The molecule has 0 heterocycles. The molecule has 2 rings (SSSR count). The van der Waals surface area contributed by atoms with Gasteiger partial charge in [-0.15, -0.1) is 0 Å². The second-order valence-electron chi connectivity index (χ2n) is 6.35. The molecule has 0 aromatic carbocycles. The van der Waals surface area contributed by atoms with Gasteiger partial charge in [-0.3, -0.25) is 9.59 Å². The fourth-order valence-corrected chi connectivity index (χ4v) is 3.53. The van der Waals surface area contributed by atoms with Crippen molar-refractivity contribution in [2.45, 2.75) is 71.4 Å². The van der Waals surface area contributed by atoms with E-state index in [2.05, 4.69) is 0 Å². The van der Waals surface area contributed by atoms with E-state index in [0.717, 1.165) is 37.7 Å². The Labute approximate surface area is 114 Å². The molecule has 0 spiro atoms. The Hall–Kier alpha value is -0.990. The highest BCUT2D eigenvalue weighted by Crippen LogP contribution is 2.42. The van der Waals surface area contributed by atoms with Crippen molar-refractivity contribution >= 4 is 11.6 Å². The summed E-state index contributed by atoms with van der Waals surface area (Å²) in [4.78, 5) is 23.9. The average molecular weight is 266 g/mol. The minimum absolute atomic E-state index is 0.146. The lowest BCUT2D eigenvalue weighted by Crippen LogP contribution is -2.35. The second kappa shape index (κ2) is 5.56. The smallest absolute Gasteiger partial charge is 0.164 e. The molecule has 2 aliphatic carbocycles. The molecule has 2 nitrogen and oxygen atoms in total. The van der Waals surface area contributed by atoms with E-state index < -0.39 is 11.6 Å². The zero-order chi connectivity index (χ0) is 14.0. The third-order valence-electron chi connectivity index (χ3n) is 4.55. The number of hydrogen-bond acceptors (Lipinski definition) is 2. The van der Waals surface area contributed by atoms with Gasteiger partial charge in [-0.1, -0.05) is 12.5 Å². The van der Waals surface area contributed by atoms with Crippen molar-refractivity contribution in [3.63, 3.8) is 0 Å². The van der Waals surface area contributed by atoms with E-state index >= 15 is 0 Å². The van der Waals surface area contributed by atoms with Gasteiger partial charge in [-0.25, -0.2) is 4.39 Å². The number of ketones is 2. The van der Waals surface area contributed by atoms with E-state index in [1.807, 2.05) is 6.92 Å². The van der Waals surface area contributed by atoms with Crippen LogP contribution in [0.4, 0.5) is 4.39 Å². The van der Waals surface area contributed by atoms with Crippen LogP contribution in [0.3, 0.4) is 0 Å². The molecule has 106 valence electrons. The predicted octanol–water partition coefficient (Wildman–Crippen LogP) is 3.93. The van der Waals surface area contributed by atoms with Crippen molar-refractivity contribution in [1.29, 1.82) is 0 Å². The van der Waals surface area contributed by atoms with Crippen LogP contribution in [-0.2, 0) is 9.59 Å². The van der Waals surface area contributed by atoms with Crippen LogP contribution in [0.2, 0.25) is 0 Å². The van der Waals surface area contributed by atoms with Crippen molar-refractivity contribution in [3.8, 4) is 0 Å². The molecule has 0 aliphatic heterocycles. The lowest BCUT2D eigenvalue weighted by molar-refractivity contribution is -0.127. The first-order valence-corrected chi connectivity index (χ1v) is 7.34. The van der Waals surface area contributed by atoms with Crippen molar-refractivity contribution in [2.24, 2.45) is 5.41 Å². The van der Waals surface area contributed by atoms with E-state index in [0.29, 0.717) is 25.0 Å². The zero-order valence-electron chi connectivity index (χ0n) is 11.9. The molecule has 0 aromatic rings. The van der Waals surface area contributed by atoms with Gasteiger partial charge in [-0.2, -0.15) is 0 Å². The Morgan fingerprint density at radius 1 is 1.16 bits per heavy atom. The van der Waals surface area contributed by atoms with Gasteiger partial charge >= 0.3 is 0 Å². The molecule has 19 heavy (non-hydrogen) atoms. The van der Waals surface area contributed by atoms with Gasteiger partial charge in [0.05, 0.1) is 6.17 Å². The Bertz CT molecular complexity index is 410. The maximum Gasteiger partial charge on any atom is 0.164 e. The number of hydrogen-bond donors (Lipinski definition) is 0. The van der Waals surface area contributed by atoms with Crippen LogP contribution in [-0.4, -0.2) is 17.7 Å². The molecule has 0 bridgehead atoms. The molecule has 0 amide bonds. The van der Waals surface area contributed by atoms with Crippen molar-refractivity contribution in [3.05, 3.63) is 11.1 Å². The third-order valence-corrected chi connectivity index (χ3v) is 4.55. The minimum Gasteiger partial charge on any atom is -0.300 e. The Morgan fingerprint density at radius 3 is 2.37 bits per heavy atom. The minimum atomic E-state index is -0.939. The predicted molar refractivity (Wildman–Crippen MR) is 72.7 cm³/mol. The first-order valence-electron chi connectivity index (χ1n) is 7.34. The second-order valence-corrected chi connectivity index (χ2v) is 6.35. The molecule has 0 radical (unpaired) electrons. The average Bonchev–Trinajstić information content (AvgIpc) is 2.33. The Morgan fingerprint density at radius 2 is 1.79 bits per heavy atom. The summed E-state index contributed by atoms with van der Waals surface area (Å²) >= 11 is 0. The number of carbonyl (C=O) groups excluding carboxylic acids is 2. The molecule has 2 fully saturated rings. The largest absolute Gasteiger partial charge is 0.300 e. The summed E-state index contributed by atoms with van der Waals surface area (Å²) in [6.07, 6.45) is 4.57. The van der Waals surface area contributed by atoms with E-state index in [9.17, 15) is 14.0 Å². The normalized spacial score (nSPS) is 30.7. The number of alkyl halides is 1. The van der Waals surface area contributed by atoms with Gasteiger partial charge in [0.2, 0.25) is 0 Å². The first kappa shape index (κ1) is 14.4. The molecule has 0 N–H and O–H groups in total. The van der Waals surface area contributed by atoms with Crippen molar-refractivity contribution in [2.75, 3.05) is 0 Å². The number of rotatable bonds is 2. The molecule has 2 unspecified atom stereocenters. The maximum atomic E-state index is 13.3. The summed E-state index contributed by atoms with van der Waals surface area (Å²) in [7, 11) is 0. The summed E-state index contributed by atoms with van der Waals surface area (Å²) < 4.78 is 13.3. The van der Waals surface area contributed by atoms with Gasteiger partial charge in [0.15, 0.2) is 5.78 Å². The van der Waals surface area contributed by atoms with E-state index in [1.165, 1.54) is 12.5 Å². The number of halogens is 1. The summed E-state index contributed by atoms with van der Waals surface area (Å²) in [6, 6.07) is 0. The van der Waals surface area contributed by atoms with Gasteiger partial charge < -0.3 is 0 Å². The van der Waals surface area contributed by atoms with Crippen LogP contribution in [0.15, 0.2) is 11.1 Å².